The fourth-order valence-electron chi connectivity index (χ4n) is 13.9. The van der Waals surface area contributed by atoms with Crippen molar-refractivity contribution in [1.29, 1.82) is 0 Å². The minimum absolute atomic E-state index is 0.858. The van der Waals surface area contributed by atoms with Gasteiger partial charge in [-0.15, -0.1) is 0 Å². The first-order valence-electron chi connectivity index (χ1n) is 38.7. The molecule has 110 heavy (non-hydrogen) atoms. The van der Waals surface area contributed by atoms with Crippen molar-refractivity contribution in [2.75, 3.05) is 0 Å². The summed E-state index contributed by atoms with van der Waals surface area (Å²) in [7, 11) is 0. The van der Waals surface area contributed by atoms with Gasteiger partial charge in [0.05, 0.1) is 0 Å². The van der Waals surface area contributed by atoms with Crippen LogP contribution in [0.5, 0.6) is 0 Å². The third-order valence-electron chi connectivity index (χ3n) is 19.5. The standard InChI is InChI=1S/C30H29N.C28H25N.C25H25N.C23H23N/c1-24-13-17-26(18-14-24)21-31(22-27-19-15-25(2)16-20-27)23-30(28-9-5-3-6-10-28)29-11-7-4-8-12-29;1-5-13-24(14-6-1)21-29(22-25-15-7-2-8-16-25)23-28(26-17-9-3-10-18-26)27-19-11-4-12-20-27;1-3-10-21(11-4-1)18-26(19-22-12-5-2-6-13-22)20-24-16-9-15-23-14-7-8-17-25(23)24;1-20(23-15-9-4-10-16-23)17-24(18-21-11-5-2-6-12-21)19-22-13-7-3-8-14-22/h3-20,23H,21-22H2,1-2H3;1-20,23H,21-22H2;1-8,10-14,17,20H,9,15-16,18-19H2;2-17H,18-19H2,1H3/b;;24-20+;20-17+. The first-order chi connectivity index (χ1) is 54.2. The third kappa shape index (κ3) is 24.9. The number of aryl methyl sites for hydroxylation is 3. The lowest BCUT2D eigenvalue weighted by atomic mass is 9.88. The second-order valence-corrected chi connectivity index (χ2v) is 28.4. The van der Waals surface area contributed by atoms with Gasteiger partial charge < -0.3 is 19.6 Å². The number of benzene rings is 14. The van der Waals surface area contributed by atoms with Gasteiger partial charge in [0.2, 0.25) is 0 Å². The average Bonchev–Trinajstić information content (AvgIpc) is 0.822. The van der Waals surface area contributed by atoms with Gasteiger partial charge in [0.15, 0.2) is 0 Å². The van der Waals surface area contributed by atoms with Gasteiger partial charge in [-0.2, -0.15) is 0 Å². The minimum Gasteiger partial charge on any atom is -0.369 e. The lowest BCUT2D eigenvalue weighted by molar-refractivity contribution is 0.362. The molecule has 14 aromatic carbocycles. The van der Waals surface area contributed by atoms with Crippen LogP contribution in [-0.4, -0.2) is 19.6 Å². The van der Waals surface area contributed by atoms with Crippen LogP contribution in [0.25, 0.3) is 22.3 Å². The quantitative estimate of drug-likeness (QED) is 0.0565. The van der Waals surface area contributed by atoms with Crippen molar-refractivity contribution < 1.29 is 0 Å². The zero-order valence-electron chi connectivity index (χ0n) is 64.1. The number of hydrogen-bond donors (Lipinski definition) is 0. The van der Waals surface area contributed by atoms with Gasteiger partial charge in [0, 0.05) is 88.3 Å². The van der Waals surface area contributed by atoms with E-state index in [0.717, 1.165) is 58.8 Å². The first kappa shape index (κ1) is 76.9. The molecule has 0 amide bonds. The van der Waals surface area contributed by atoms with E-state index in [1.165, 1.54) is 130 Å². The molecule has 0 atom stereocenters. The van der Waals surface area contributed by atoms with E-state index in [0.29, 0.717) is 0 Å². The molecule has 0 bridgehead atoms. The van der Waals surface area contributed by atoms with Crippen LogP contribution in [0.15, 0.2) is 431 Å². The van der Waals surface area contributed by atoms with E-state index < -0.39 is 0 Å². The molecule has 0 N–H and O–H groups in total. The fourth-order valence-corrected chi connectivity index (χ4v) is 13.9. The summed E-state index contributed by atoms with van der Waals surface area (Å²) in [6.45, 7) is 13.6. The van der Waals surface area contributed by atoms with Crippen molar-refractivity contribution in [2.24, 2.45) is 0 Å². The van der Waals surface area contributed by atoms with E-state index in [4.69, 9.17) is 0 Å². The van der Waals surface area contributed by atoms with Gasteiger partial charge >= 0.3 is 0 Å². The third-order valence-corrected chi connectivity index (χ3v) is 19.5. The van der Waals surface area contributed by atoms with Crippen LogP contribution in [0, 0.1) is 13.8 Å². The smallest absolute Gasteiger partial charge is 0.0427 e. The molecule has 0 aromatic heterocycles. The Hall–Kier alpha value is -12.8. The molecule has 0 unspecified atom stereocenters. The minimum atomic E-state index is 0.858. The summed E-state index contributed by atoms with van der Waals surface area (Å²) in [5, 5.41) is 0. The Morgan fingerprint density at radius 2 is 0.473 bits per heavy atom. The number of nitrogens with zero attached hydrogens (tertiary/aromatic N) is 4. The van der Waals surface area contributed by atoms with Gasteiger partial charge in [0.25, 0.3) is 0 Å². The second kappa shape index (κ2) is 42.0. The number of rotatable bonds is 25. The fraction of sp³-hybridized carbons (Fsp3) is 0.132. The molecule has 0 saturated carbocycles. The molecule has 546 valence electrons. The van der Waals surface area contributed by atoms with Crippen LogP contribution in [0.4, 0.5) is 0 Å². The van der Waals surface area contributed by atoms with E-state index in [9.17, 15) is 0 Å². The molecule has 0 heterocycles. The monoisotopic (exact) mass is 1430 g/mol. The molecule has 0 radical (unpaired) electrons. The van der Waals surface area contributed by atoms with Crippen LogP contribution in [0.1, 0.15) is 114 Å². The van der Waals surface area contributed by atoms with Gasteiger partial charge in [0.1, 0.15) is 0 Å². The van der Waals surface area contributed by atoms with Gasteiger partial charge in [-0.1, -0.05) is 418 Å². The maximum absolute atomic E-state index is 2.46. The van der Waals surface area contributed by atoms with Crippen molar-refractivity contribution >= 4 is 22.3 Å². The second-order valence-electron chi connectivity index (χ2n) is 28.4. The van der Waals surface area contributed by atoms with Crippen molar-refractivity contribution in [1.82, 2.24) is 19.6 Å². The largest absolute Gasteiger partial charge is 0.369 e. The molecule has 1 aliphatic rings. The normalized spacial score (nSPS) is 11.7. The predicted molar refractivity (Wildman–Crippen MR) is 465 cm³/mol. The summed E-state index contributed by atoms with van der Waals surface area (Å²) < 4.78 is 0. The molecule has 15 rings (SSSR count). The molecule has 0 spiro atoms. The lowest BCUT2D eigenvalue weighted by Crippen LogP contribution is -2.18. The van der Waals surface area contributed by atoms with E-state index in [2.05, 4.69) is 472 Å². The summed E-state index contributed by atoms with van der Waals surface area (Å²) in [6, 6.07) is 144. The highest BCUT2D eigenvalue weighted by Crippen LogP contribution is 2.33. The van der Waals surface area contributed by atoms with Gasteiger partial charge in [-0.3, -0.25) is 0 Å². The Balaban J connectivity index is 0.000000137. The van der Waals surface area contributed by atoms with Crippen LogP contribution >= 0.6 is 0 Å². The summed E-state index contributed by atoms with van der Waals surface area (Å²) in [5.74, 6) is 0. The summed E-state index contributed by atoms with van der Waals surface area (Å²) in [4.78, 5) is 9.67. The maximum atomic E-state index is 2.46. The van der Waals surface area contributed by atoms with Gasteiger partial charge in [-0.25, -0.2) is 0 Å². The molecule has 0 fully saturated rings. The summed E-state index contributed by atoms with van der Waals surface area (Å²) in [5.41, 5.74) is 27.5. The molecule has 14 aromatic rings. The SMILES string of the molecule is C(=C(c1ccccc1)c1ccccc1)N(Cc1ccccc1)Cc1ccccc1.C(=C1/CCCc2ccccc21)/N(Cc1ccccc1)Cc1ccccc1.C/C(=C\N(Cc1ccccc1)Cc1ccccc1)c1ccccc1.Cc1ccc(CN(C=C(c2ccccc2)c2ccccc2)Cc2ccc(C)cc2)cc1. The molecule has 0 aliphatic heterocycles. The van der Waals surface area contributed by atoms with Crippen molar-refractivity contribution in [3.8, 4) is 0 Å². The van der Waals surface area contributed by atoms with Gasteiger partial charge in [-0.05, 0) is 135 Å². The first-order valence-corrected chi connectivity index (χ1v) is 38.7. The van der Waals surface area contributed by atoms with E-state index in [1.54, 1.807) is 0 Å². The zero-order chi connectivity index (χ0) is 75.4. The Morgan fingerprint density at radius 1 is 0.236 bits per heavy atom. The highest BCUT2D eigenvalue weighted by atomic mass is 15.1. The van der Waals surface area contributed by atoms with Crippen LogP contribution in [0.2, 0.25) is 0 Å². The zero-order valence-corrected chi connectivity index (χ0v) is 64.1. The predicted octanol–water partition coefficient (Wildman–Crippen LogP) is 26.0. The lowest BCUT2D eigenvalue weighted by Gasteiger charge is -2.25. The Kier molecular flexibility index (Phi) is 29.3. The molecular formula is C106H102N4. The van der Waals surface area contributed by atoms with Crippen molar-refractivity contribution in [3.63, 3.8) is 0 Å². The van der Waals surface area contributed by atoms with E-state index in [1.807, 2.05) is 0 Å². The Morgan fingerprint density at radius 3 is 0.773 bits per heavy atom. The Bertz CT molecular complexity index is 4800. The average molecular weight is 1430 g/mol. The molecule has 4 heteroatoms. The molecular weight excluding hydrogens is 1330 g/mol. The Labute approximate surface area is 655 Å². The van der Waals surface area contributed by atoms with Crippen LogP contribution in [0.3, 0.4) is 0 Å². The molecule has 0 saturated heterocycles. The van der Waals surface area contributed by atoms with Crippen LogP contribution in [-0.2, 0) is 58.8 Å². The van der Waals surface area contributed by atoms with Crippen molar-refractivity contribution in [2.45, 2.75) is 92.4 Å². The van der Waals surface area contributed by atoms with Crippen LogP contribution < -0.4 is 0 Å². The summed E-state index contributed by atoms with van der Waals surface area (Å²) in [6.07, 6.45) is 12.9. The number of allylic oxidation sites excluding steroid dienone is 2. The number of hydrogen-bond acceptors (Lipinski definition) is 4. The molecule has 4 nitrogen and oxygen atoms in total. The molecule has 1 aliphatic carbocycles. The van der Waals surface area contributed by atoms with E-state index >= 15 is 0 Å². The number of fused-ring (bicyclic) bond motifs is 1. The summed E-state index contributed by atoms with van der Waals surface area (Å²) >= 11 is 0. The van der Waals surface area contributed by atoms with Crippen molar-refractivity contribution in [3.05, 3.63) is 526 Å². The van der Waals surface area contributed by atoms with E-state index in [-0.39, 0.29) is 0 Å². The highest BCUT2D eigenvalue weighted by molar-refractivity contribution is 5.80. The highest BCUT2D eigenvalue weighted by Gasteiger charge is 2.17. The topological polar surface area (TPSA) is 13.0 Å². The maximum Gasteiger partial charge on any atom is 0.0427 e.